The minimum atomic E-state index is -1.02. The topological polar surface area (TPSA) is 84.2 Å². The van der Waals surface area contributed by atoms with Gasteiger partial charge in [-0.05, 0) is 64.1 Å². The van der Waals surface area contributed by atoms with E-state index in [1.807, 2.05) is 58.1 Å². The maximum absolute atomic E-state index is 12.9. The SMILES string of the molecule is CSCC[C@H](NC(=O)c1ccc(/C=C/Cn2ccnc2)cc1-c1ccsc1)C(=O)O. The van der Waals surface area contributed by atoms with Gasteiger partial charge in [0, 0.05) is 24.5 Å². The van der Waals surface area contributed by atoms with Crippen molar-refractivity contribution in [1.82, 2.24) is 14.9 Å². The summed E-state index contributed by atoms with van der Waals surface area (Å²) in [5.41, 5.74) is 3.15. The number of carboxylic acids is 1. The zero-order valence-corrected chi connectivity index (χ0v) is 18.2. The minimum absolute atomic E-state index is 0.376. The molecule has 0 aliphatic carbocycles. The summed E-state index contributed by atoms with van der Waals surface area (Å²) in [5, 5.41) is 16.0. The molecule has 3 aromatic rings. The van der Waals surface area contributed by atoms with Crippen LogP contribution < -0.4 is 5.32 Å². The van der Waals surface area contributed by atoms with Crippen molar-refractivity contribution in [2.45, 2.75) is 19.0 Å². The predicted octanol–water partition coefficient (Wildman–Crippen LogP) is 4.26. The number of nitrogens with one attached hydrogen (secondary N) is 1. The number of thioether (sulfide) groups is 1. The molecule has 0 spiro atoms. The van der Waals surface area contributed by atoms with Gasteiger partial charge >= 0.3 is 5.97 Å². The van der Waals surface area contributed by atoms with E-state index in [-0.39, 0.29) is 5.91 Å². The highest BCUT2D eigenvalue weighted by molar-refractivity contribution is 7.98. The smallest absolute Gasteiger partial charge is 0.326 e. The van der Waals surface area contributed by atoms with E-state index < -0.39 is 12.0 Å². The summed E-state index contributed by atoms with van der Waals surface area (Å²) in [7, 11) is 0. The van der Waals surface area contributed by atoms with Gasteiger partial charge < -0.3 is 15.0 Å². The minimum Gasteiger partial charge on any atom is -0.480 e. The Morgan fingerprint density at radius 1 is 1.37 bits per heavy atom. The number of carbonyl (C=O) groups is 2. The summed E-state index contributed by atoms with van der Waals surface area (Å²) in [6, 6.07) is 6.63. The van der Waals surface area contributed by atoms with Crippen molar-refractivity contribution >= 4 is 41.1 Å². The van der Waals surface area contributed by atoms with Crippen LogP contribution in [-0.2, 0) is 11.3 Å². The molecule has 0 bridgehead atoms. The molecule has 30 heavy (non-hydrogen) atoms. The van der Waals surface area contributed by atoms with Crippen molar-refractivity contribution in [3.8, 4) is 11.1 Å². The van der Waals surface area contributed by atoms with Crippen LogP contribution in [0, 0.1) is 0 Å². The summed E-state index contributed by atoms with van der Waals surface area (Å²) >= 11 is 3.10. The van der Waals surface area contributed by atoms with Gasteiger partial charge in [0.2, 0.25) is 0 Å². The quantitative estimate of drug-likeness (QED) is 0.491. The summed E-state index contributed by atoms with van der Waals surface area (Å²) < 4.78 is 1.96. The Morgan fingerprint density at radius 2 is 2.23 bits per heavy atom. The first-order valence-corrected chi connectivity index (χ1v) is 11.7. The third-order valence-corrected chi connectivity index (χ3v) is 5.85. The molecule has 0 aliphatic rings. The van der Waals surface area contributed by atoms with E-state index >= 15 is 0 Å². The van der Waals surface area contributed by atoms with Crippen LogP contribution in [0.25, 0.3) is 17.2 Å². The highest BCUT2D eigenvalue weighted by atomic mass is 32.2. The van der Waals surface area contributed by atoms with E-state index in [9.17, 15) is 14.7 Å². The number of nitrogens with zero attached hydrogens (tertiary/aromatic N) is 2. The number of aliphatic carboxylic acids is 1. The molecule has 1 atom stereocenters. The number of benzene rings is 1. The standard InChI is InChI=1S/C22H23N3O3S2/c1-29-11-7-20(22(27)28)24-21(26)18-5-4-16(3-2-9-25-10-8-23-15-25)13-19(18)17-6-12-30-14-17/h2-6,8,10,12-15,20H,7,9,11H2,1H3,(H,24,26)(H,27,28)/b3-2+/t20-/m0/s1. The van der Waals surface area contributed by atoms with Crippen molar-refractivity contribution in [3.05, 3.63) is 70.9 Å². The first kappa shape index (κ1) is 21.9. The number of amides is 1. The number of allylic oxidation sites excluding steroid dienone is 1. The lowest BCUT2D eigenvalue weighted by molar-refractivity contribution is -0.139. The van der Waals surface area contributed by atoms with Gasteiger partial charge in [-0.1, -0.05) is 18.2 Å². The molecule has 2 heterocycles. The normalized spacial score (nSPS) is 12.2. The molecule has 1 amide bonds. The Balaban J connectivity index is 1.83. The number of carboxylic acid groups (broad SMARTS) is 1. The number of hydrogen-bond donors (Lipinski definition) is 2. The summed E-state index contributed by atoms with van der Waals surface area (Å²) in [6.45, 7) is 0.700. The third-order valence-electron chi connectivity index (χ3n) is 4.52. The van der Waals surface area contributed by atoms with E-state index in [2.05, 4.69) is 10.3 Å². The second-order valence-corrected chi connectivity index (χ2v) is 8.39. The van der Waals surface area contributed by atoms with E-state index in [1.54, 1.807) is 41.7 Å². The number of imidazole rings is 1. The van der Waals surface area contributed by atoms with Crippen LogP contribution in [0.4, 0.5) is 0 Å². The van der Waals surface area contributed by atoms with Crippen LogP contribution in [0.5, 0.6) is 0 Å². The third kappa shape index (κ3) is 5.84. The number of thiophene rings is 1. The lowest BCUT2D eigenvalue weighted by atomic mass is 9.98. The molecule has 156 valence electrons. The predicted molar refractivity (Wildman–Crippen MR) is 123 cm³/mol. The van der Waals surface area contributed by atoms with Crippen LogP contribution in [0.15, 0.2) is 59.8 Å². The van der Waals surface area contributed by atoms with Gasteiger partial charge in [0.1, 0.15) is 6.04 Å². The number of hydrogen-bond acceptors (Lipinski definition) is 5. The lowest BCUT2D eigenvalue weighted by Gasteiger charge is -2.16. The molecule has 1 aromatic carbocycles. The van der Waals surface area contributed by atoms with Gasteiger partial charge in [-0.3, -0.25) is 4.79 Å². The fraction of sp³-hybridized carbons (Fsp3) is 0.227. The van der Waals surface area contributed by atoms with Gasteiger partial charge in [-0.15, -0.1) is 0 Å². The van der Waals surface area contributed by atoms with Crippen LogP contribution in [-0.4, -0.2) is 44.6 Å². The van der Waals surface area contributed by atoms with Gasteiger partial charge in [0.15, 0.2) is 0 Å². The first-order chi connectivity index (χ1) is 14.6. The molecule has 0 saturated heterocycles. The molecular weight excluding hydrogens is 418 g/mol. The van der Waals surface area contributed by atoms with Crippen molar-refractivity contribution in [2.24, 2.45) is 0 Å². The average Bonchev–Trinajstić information content (AvgIpc) is 3.45. The molecule has 0 fully saturated rings. The fourth-order valence-corrected chi connectivity index (χ4v) is 4.08. The van der Waals surface area contributed by atoms with E-state index in [1.165, 1.54) is 0 Å². The van der Waals surface area contributed by atoms with Crippen LogP contribution >= 0.6 is 23.1 Å². The van der Waals surface area contributed by atoms with Crippen molar-refractivity contribution < 1.29 is 14.7 Å². The number of rotatable bonds is 10. The van der Waals surface area contributed by atoms with E-state index in [4.69, 9.17) is 0 Å². The maximum atomic E-state index is 12.9. The zero-order valence-electron chi connectivity index (χ0n) is 16.5. The first-order valence-electron chi connectivity index (χ1n) is 9.40. The molecular formula is C22H23N3O3S2. The molecule has 6 nitrogen and oxygen atoms in total. The summed E-state index contributed by atoms with van der Waals surface area (Å²) in [5.74, 6) is -0.734. The molecule has 2 N–H and O–H groups in total. The highest BCUT2D eigenvalue weighted by Gasteiger charge is 2.22. The molecule has 0 unspecified atom stereocenters. The molecule has 8 heteroatoms. The van der Waals surface area contributed by atoms with E-state index in [0.717, 1.165) is 16.7 Å². The van der Waals surface area contributed by atoms with Gasteiger partial charge in [-0.25, -0.2) is 9.78 Å². The Bertz CT molecular complexity index is 999. The van der Waals surface area contributed by atoms with Crippen molar-refractivity contribution in [2.75, 3.05) is 12.0 Å². The van der Waals surface area contributed by atoms with Gasteiger partial charge in [0.05, 0.1) is 6.33 Å². The molecule has 0 radical (unpaired) electrons. The average molecular weight is 442 g/mol. The van der Waals surface area contributed by atoms with Crippen LogP contribution in [0.2, 0.25) is 0 Å². The summed E-state index contributed by atoms with van der Waals surface area (Å²) in [6.07, 6.45) is 11.7. The number of aromatic nitrogens is 2. The van der Waals surface area contributed by atoms with Gasteiger partial charge in [0.25, 0.3) is 5.91 Å². The van der Waals surface area contributed by atoms with E-state index in [0.29, 0.717) is 24.3 Å². The van der Waals surface area contributed by atoms with Crippen molar-refractivity contribution in [3.63, 3.8) is 0 Å². The molecule has 0 aliphatic heterocycles. The lowest BCUT2D eigenvalue weighted by Crippen LogP contribution is -2.41. The Hall–Kier alpha value is -2.84. The second-order valence-electron chi connectivity index (χ2n) is 6.62. The zero-order chi connectivity index (χ0) is 21.3. The summed E-state index contributed by atoms with van der Waals surface area (Å²) in [4.78, 5) is 28.5. The molecule has 0 saturated carbocycles. The maximum Gasteiger partial charge on any atom is 0.326 e. The Morgan fingerprint density at radius 3 is 2.90 bits per heavy atom. The second kappa shape index (κ2) is 10.8. The van der Waals surface area contributed by atoms with Crippen LogP contribution in [0.3, 0.4) is 0 Å². The van der Waals surface area contributed by atoms with Crippen LogP contribution in [0.1, 0.15) is 22.3 Å². The van der Waals surface area contributed by atoms with Crippen molar-refractivity contribution in [1.29, 1.82) is 0 Å². The molecule has 2 aromatic heterocycles. The fourth-order valence-electron chi connectivity index (χ4n) is 2.95. The van der Waals surface area contributed by atoms with Gasteiger partial charge in [-0.2, -0.15) is 23.1 Å². The number of carbonyl (C=O) groups excluding carboxylic acids is 1. The monoisotopic (exact) mass is 441 g/mol. The largest absolute Gasteiger partial charge is 0.480 e. The Labute approximate surface area is 183 Å². The highest BCUT2D eigenvalue weighted by Crippen LogP contribution is 2.28. The Kier molecular flexibility index (Phi) is 7.87. The molecule has 3 rings (SSSR count).